The van der Waals surface area contributed by atoms with Gasteiger partial charge in [0.1, 0.15) is 18.7 Å². The number of ether oxygens (including phenoxy) is 1. The van der Waals surface area contributed by atoms with E-state index in [1.165, 1.54) is 0 Å². The van der Waals surface area contributed by atoms with Gasteiger partial charge in [0, 0.05) is 11.0 Å². The second-order valence-corrected chi connectivity index (χ2v) is 4.93. The van der Waals surface area contributed by atoms with Crippen LogP contribution >= 0.6 is 15.9 Å². The molecule has 2 aromatic rings. The largest absolute Gasteiger partial charge is 0.486 e. The number of nitrogens with two attached hydrogens (primary N) is 1. The van der Waals surface area contributed by atoms with Crippen LogP contribution in [0.4, 0.5) is 0 Å². The van der Waals surface area contributed by atoms with Crippen LogP contribution in [0.2, 0.25) is 0 Å². The van der Waals surface area contributed by atoms with E-state index in [1.807, 2.05) is 29.8 Å². The maximum atomic E-state index is 5.75. The summed E-state index contributed by atoms with van der Waals surface area (Å²) in [4.78, 5) is 4.18. The van der Waals surface area contributed by atoms with Crippen LogP contribution < -0.4 is 10.5 Å². The molecule has 5 nitrogen and oxygen atoms in total. The first-order chi connectivity index (χ1) is 9.24. The van der Waals surface area contributed by atoms with E-state index < -0.39 is 0 Å². The first kappa shape index (κ1) is 14.0. The average Bonchev–Trinajstić information content (AvgIpc) is 2.87. The van der Waals surface area contributed by atoms with E-state index in [4.69, 9.17) is 10.5 Å². The number of nitrogens with zero attached hydrogens (tertiary/aromatic N) is 3. The molecule has 1 heterocycles. The fraction of sp³-hybridized carbons (Fsp3) is 0.385. The Morgan fingerprint density at radius 2 is 2.26 bits per heavy atom. The molecule has 0 aliphatic carbocycles. The zero-order valence-electron chi connectivity index (χ0n) is 10.8. The topological polar surface area (TPSA) is 66.0 Å². The summed E-state index contributed by atoms with van der Waals surface area (Å²) in [6, 6.07) is 5.91. The van der Waals surface area contributed by atoms with E-state index in [0.717, 1.165) is 34.6 Å². The number of rotatable bonds is 6. The predicted molar refractivity (Wildman–Crippen MR) is 76.9 cm³/mol. The van der Waals surface area contributed by atoms with Gasteiger partial charge in [-0.15, -0.1) is 0 Å². The molecule has 0 fully saturated rings. The van der Waals surface area contributed by atoms with Crippen molar-refractivity contribution < 1.29 is 4.74 Å². The number of hydrogen-bond donors (Lipinski definition) is 1. The highest BCUT2D eigenvalue weighted by Crippen LogP contribution is 2.23. The Labute approximate surface area is 120 Å². The summed E-state index contributed by atoms with van der Waals surface area (Å²) in [5.41, 5.74) is 6.74. The SMILES string of the molecule is CCn1ncnc1COc1ccc(Br)c(CCN)c1. The Morgan fingerprint density at radius 1 is 1.42 bits per heavy atom. The summed E-state index contributed by atoms with van der Waals surface area (Å²) >= 11 is 3.51. The molecule has 0 saturated heterocycles. The van der Waals surface area contributed by atoms with E-state index in [1.54, 1.807) is 6.33 Å². The molecule has 0 spiro atoms. The monoisotopic (exact) mass is 324 g/mol. The van der Waals surface area contributed by atoms with Crippen LogP contribution in [0, 0.1) is 0 Å². The molecule has 1 aromatic heterocycles. The minimum atomic E-state index is 0.414. The highest BCUT2D eigenvalue weighted by molar-refractivity contribution is 9.10. The molecule has 0 atom stereocenters. The normalized spacial score (nSPS) is 10.7. The van der Waals surface area contributed by atoms with Crippen molar-refractivity contribution in [2.75, 3.05) is 6.54 Å². The lowest BCUT2D eigenvalue weighted by molar-refractivity contribution is 0.287. The van der Waals surface area contributed by atoms with Gasteiger partial charge < -0.3 is 10.5 Å². The highest BCUT2D eigenvalue weighted by atomic mass is 79.9. The van der Waals surface area contributed by atoms with Crippen LogP contribution in [0.15, 0.2) is 29.0 Å². The third-order valence-corrected chi connectivity index (χ3v) is 3.57. The number of aryl methyl sites for hydroxylation is 1. The highest BCUT2D eigenvalue weighted by Gasteiger charge is 2.05. The molecular formula is C13H17BrN4O. The van der Waals surface area contributed by atoms with Gasteiger partial charge in [-0.3, -0.25) is 0 Å². The van der Waals surface area contributed by atoms with Crippen LogP contribution in [0.5, 0.6) is 5.75 Å². The molecule has 102 valence electrons. The van der Waals surface area contributed by atoms with Crippen molar-refractivity contribution in [2.45, 2.75) is 26.5 Å². The van der Waals surface area contributed by atoms with Gasteiger partial charge in [0.15, 0.2) is 5.82 Å². The molecule has 0 amide bonds. The van der Waals surface area contributed by atoms with E-state index in [0.29, 0.717) is 13.2 Å². The summed E-state index contributed by atoms with van der Waals surface area (Å²) in [6.45, 7) is 3.85. The maximum Gasteiger partial charge on any atom is 0.164 e. The standard InChI is InChI=1S/C13H17BrN4O/c1-2-18-13(16-9-17-18)8-19-11-3-4-12(14)10(7-11)5-6-15/h3-4,7,9H,2,5-6,8,15H2,1H3. The van der Waals surface area contributed by atoms with Gasteiger partial charge >= 0.3 is 0 Å². The molecule has 19 heavy (non-hydrogen) atoms. The molecule has 6 heteroatoms. The molecule has 0 radical (unpaired) electrons. The van der Waals surface area contributed by atoms with Crippen LogP contribution in [0.3, 0.4) is 0 Å². The fourth-order valence-corrected chi connectivity index (χ4v) is 2.24. The van der Waals surface area contributed by atoms with Gasteiger partial charge in [0.2, 0.25) is 0 Å². The zero-order chi connectivity index (χ0) is 13.7. The third-order valence-electron chi connectivity index (χ3n) is 2.79. The molecular weight excluding hydrogens is 308 g/mol. The third kappa shape index (κ3) is 3.54. The van der Waals surface area contributed by atoms with E-state index >= 15 is 0 Å². The first-order valence-corrected chi connectivity index (χ1v) is 7.02. The summed E-state index contributed by atoms with van der Waals surface area (Å²) in [5, 5.41) is 4.11. The number of hydrogen-bond acceptors (Lipinski definition) is 4. The van der Waals surface area contributed by atoms with Gasteiger partial charge in [0.05, 0.1) is 0 Å². The smallest absolute Gasteiger partial charge is 0.164 e. The van der Waals surface area contributed by atoms with Crippen molar-refractivity contribution in [1.82, 2.24) is 14.8 Å². The number of aromatic nitrogens is 3. The van der Waals surface area contributed by atoms with Crippen molar-refractivity contribution in [3.8, 4) is 5.75 Å². The second kappa shape index (κ2) is 6.68. The van der Waals surface area contributed by atoms with Gasteiger partial charge in [-0.25, -0.2) is 9.67 Å². The minimum absolute atomic E-state index is 0.414. The van der Waals surface area contributed by atoms with Gasteiger partial charge in [-0.1, -0.05) is 15.9 Å². The van der Waals surface area contributed by atoms with E-state index in [9.17, 15) is 0 Å². The molecule has 2 N–H and O–H groups in total. The quantitative estimate of drug-likeness (QED) is 0.884. The van der Waals surface area contributed by atoms with Crippen molar-refractivity contribution in [3.05, 3.63) is 40.4 Å². The molecule has 0 aliphatic heterocycles. The van der Waals surface area contributed by atoms with Crippen molar-refractivity contribution in [2.24, 2.45) is 5.73 Å². The van der Waals surface area contributed by atoms with Crippen LogP contribution in [0.1, 0.15) is 18.3 Å². The van der Waals surface area contributed by atoms with Crippen molar-refractivity contribution >= 4 is 15.9 Å². The van der Waals surface area contributed by atoms with Crippen molar-refractivity contribution in [1.29, 1.82) is 0 Å². The first-order valence-electron chi connectivity index (χ1n) is 6.22. The number of benzene rings is 1. The Morgan fingerprint density at radius 3 is 3.00 bits per heavy atom. The molecule has 0 unspecified atom stereocenters. The van der Waals surface area contributed by atoms with Gasteiger partial charge in [0.25, 0.3) is 0 Å². The predicted octanol–water partition coefficient (Wildman–Crippen LogP) is 2.14. The number of halogens is 1. The zero-order valence-corrected chi connectivity index (χ0v) is 12.4. The van der Waals surface area contributed by atoms with Gasteiger partial charge in [-0.05, 0) is 43.7 Å². The lowest BCUT2D eigenvalue weighted by atomic mass is 10.1. The summed E-state index contributed by atoms with van der Waals surface area (Å²) < 4.78 is 8.63. The Bertz CT molecular complexity index is 541. The molecule has 1 aromatic carbocycles. The maximum absolute atomic E-state index is 5.75. The van der Waals surface area contributed by atoms with Crippen LogP contribution in [-0.2, 0) is 19.6 Å². The average molecular weight is 325 g/mol. The minimum Gasteiger partial charge on any atom is -0.486 e. The summed E-state index contributed by atoms with van der Waals surface area (Å²) in [7, 11) is 0. The van der Waals surface area contributed by atoms with Crippen LogP contribution in [0.25, 0.3) is 0 Å². The van der Waals surface area contributed by atoms with Crippen molar-refractivity contribution in [3.63, 3.8) is 0 Å². The Balaban J connectivity index is 2.05. The second-order valence-electron chi connectivity index (χ2n) is 4.07. The molecule has 2 rings (SSSR count). The summed E-state index contributed by atoms with van der Waals surface area (Å²) in [5.74, 6) is 1.64. The van der Waals surface area contributed by atoms with Gasteiger partial charge in [-0.2, -0.15) is 5.10 Å². The fourth-order valence-electron chi connectivity index (χ4n) is 1.80. The Kier molecular flexibility index (Phi) is 4.93. The van der Waals surface area contributed by atoms with E-state index in [2.05, 4.69) is 26.0 Å². The molecule has 0 bridgehead atoms. The lowest BCUT2D eigenvalue weighted by Gasteiger charge is -2.09. The lowest BCUT2D eigenvalue weighted by Crippen LogP contribution is -2.08. The van der Waals surface area contributed by atoms with E-state index in [-0.39, 0.29) is 0 Å². The molecule has 0 saturated carbocycles. The summed E-state index contributed by atoms with van der Waals surface area (Å²) in [6.07, 6.45) is 2.37. The molecule has 0 aliphatic rings. The van der Waals surface area contributed by atoms with Crippen LogP contribution in [-0.4, -0.2) is 21.3 Å². The Hall–Kier alpha value is -1.40.